The predicted molar refractivity (Wildman–Crippen MR) is 62.1 cm³/mol. The molecule has 1 aliphatic rings. The van der Waals surface area contributed by atoms with E-state index in [1.807, 2.05) is 13.0 Å². The van der Waals surface area contributed by atoms with Crippen molar-refractivity contribution in [3.8, 4) is 5.75 Å². The maximum Gasteiger partial charge on any atom is 0.120 e. The highest BCUT2D eigenvalue weighted by atomic mass is 16.3. The van der Waals surface area contributed by atoms with Gasteiger partial charge in [0.1, 0.15) is 5.75 Å². The van der Waals surface area contributed by atoms with Crippen molar-refractivity contribution in [3.05, 3.63) is 28.3 Å². The number of rotatable bonds is 1. The minimum Gasteiger partial charge on any atom is -0.508 e. The average Bonchev–Trinajstić information content (AvgIpc) is 2.17. The van der Waals surface area contributed by atoms with E-state index >= 15 is 0 Å². The summed E-state index contributed by atoms with van der Waals surface area (Å²) in [6.07, 6.45) is 4.69. The number of hydrogen-bond acceptors (Lipinski definition) is 2. The number of phenols is 1. The molecule has 0 radical (unpaired) electrons. The van der Waals surface area contributed by atoms with Gasteiger partial charge in [-0.2, -0.15) is 0 Å². The molecule has 1 aliphatic carbocycles. The molecule has 1 aromatic carbocycles. The zero-order valence-corrected chi connectivity index (χ0v) is 9.51. The fourth-order valence-electron chi connectivity index (χ4n) is 2.67. The molecular weight excluding hydrogens is 186 g/mol. The second-order valence-corrected chi connectivity index (χ2v) is 4.58. The summed E-state index contributed by atoms with van der Waals surface area (Å²) in [5.74, 6) is 0.378. The van der Waals surface area contributed by atoms with E-state index in [1.54, 1.807) is 0 Å². The van der Waals surface area contributed by atoms with Crippen LogP contribution in [0, 0.1) is 6.92 Å². The number of aromatic hydroxyl groups is 1. The Kier molecular flexibility index (Phi) is 2.70. The fraction of sp³-hybridized carbons (Fsp3) is 0.538. The maximum absolute atomic E-state index is 9.94. The first-order valence-electron chi connectivity index (χ1n) is 5.71. The molecule has 2 heteroatoms. The number of fused-ring (bicyclic) bond motifs is 1. The first-order chi connectivity index (χ1) is 7.11. The fourth-order valence-corrected chi connectivity index (χ4v) is 2.67. The monoisotopic (exact) mass is 205 g/mol. The Morgan fingerprint density at radius 1 is 1.27 bits per heavy atom. The molecule has 1 unspecified atom stereocenters. The van der Waals surface area contributed by atoms with Crippen LogP contribution in [0.3, 0.4) is 0 Å². The van der Waals surface area contributed by atoms with E-state index in [4.69, 9.17) is 5.73 Å². The second kappa shape index (κ2) is 3.86. The highest BCUT2D eigenvalue weighted by Crippen LogP contribution is 2.35. The molecular formula is C13H19NO. The summed E-state index contributed by atoms with van der Waals surface area (Å²) in [5, 5.41) is 9.94. The third kappa shape index (κ3) is 1.74. The second-order valence-electron chi connectivity index (χ2n) is 4.58. The zero-order chi connectivity index (χ0) is 11.0. The van der Waals surface area contributed by atoms with Gasteiger partial charge in [0.15, 0.2) is 0 Å². The third-order valence-corrected chi connectivity index (χ3v) is 3.35. The van der Waals surface area contributed by atoms with Gasteiger partial charge in [0.2, 0.25) is 0 Å². The van der Waals surface area contributed by atoms with Crippen LogP contribution in [0.15, 0.2) is 6.07 Å². The molecule has 1 atom stereocenters. The first kappa shape index (κ1) is 10.5. The normalized spacial score (nSPS) is 17.3. The summed E-state index contributed by atoms with van der Waals surface area (Å²) in [4.78, 5) is 0. The summed E-state index contributed by atoms with van der Waals surface area (Å²) in [5.41, 5.74) is 10.8. The number of aryl methyl sites for hydroxylation is 1. The molecule has 82 valence electrons. The number of benzene rings is 1. The highest BCUT2D eigenvalue weighted by molar-refractivity contribution is 5.51. The van der Waals surface area contributed by atoms with E-state index in [1.165, 1.54) is 29.5 Å². The third-order valence-electron chi connectivity index (χ3n) is 3.35. The van der Waals surface area contributed by atoms with Crippen LogP contribution in [0.25, 0.3) is 0 Å². The van der Waals surface area contributed by atoms with Gasteiger partial charge in [0, 0.05) is 11.6 Å². The standard InChI is InChI=1S/C13H19NO/c1-8-7-12(15)13(9(2)14)11-6-4-3-5-10(8)11/h7,9,15H,3-6,14H2,1-2H3. The molecule has 0 amide bonds. The van der Waals surface area contributed by atoms with E-state index in [-0.39, 0.29) is 6.04 Å². The van der Waals surface area contributed by atoms with Gasteiger partial charge in [0.05, 0.1) is 0 Å². The van der Waals surface area contributed by atoms with Crippen LogP contribution in [0.5, 0.6) is 5.75 Å². The van der Waals surface area contributed by atoms with Crippen molar-refractivity contribution >= 4 is 0 Å². The number of nitrogens with two attached hydrogens (primary N) is 1. The molecule has 2 nitrogen and oxygen atoms in total. The summed E-state index contributed by atoms with van der Waals surface area (Å²) in [6, 6.07) is 1.79. The predicted octanol–water partition coefficient (Wildman–Crippen LogP) is 2.60. The van der Waals surface area contributed by atoms with Gasteiger partial charge >= 0.3 is 0 Å². The SMILES string of the molecule is Cc1cc(O)c(C(C)N)c2c1CCCC2. The van der Waals surface area contributed by atoms with Crippen LogP contribution in [-0.2, 0) is 12.8 Å². The van der Waals surface area contributed by atoms with E-state index in [0.29, 0.717) is 5.75 Å². The van der Waals surface area contributed by atoms with Gasteiger partial charge in [-0.05, 0) is 62.3 Å². The van der Waals surface area contributed by atoms with E-state index in [9.17, 15) is 5.11 Å². The summed E-state index contributed by atoms with van der Waals surface area (Å²) in [7, 11) is 0. The zero-order valence-electron chi connectivity index (χ0n) is 9.51. The van der Waals surface area contributed by atoms with E-state index in [0.717, 1.165) is 18.4 Å². The minimum absolute atomic E-state index is 0.0718. The van der Waals surface area contributed by atoms with Crippen molar-refractivity contribution in [1.82, 2.24) is 0 Å². The van der Waals surface area contributed by atoms with Crippen molar-refractivity contribution in [2.75, 3.05) is 0 Å². The molecule has 15 heavy (non-hydrogen) atoms. The Morgan fingerprint density at radius 2 is 1.87 bits per heavy atom. The van der Waals surface area contributed by atoms with Gasteiger partial charge < -0.3 is 10.8 Å². The van der Waals surface area contributed by atoms with E-state index in [2.05, 4.69) is 6.92 Å². The molecule has 0 aromatic heterocycles. The molecule has 2 rings (SSSR count). The number of hydrogen-bond donors (Lipinski definition) is 2. The van der Waals surface area contributed by atoms with Crippen LogP contribution in [-0.4, -0.2) is 5.11 Å². The van der Waals surface area contributed by atoms with Gasteiger partial charge in [-0.3, -0.25) is 0 Å². The lowest BCUT2D eigenvalue weighted by atomic mass is 9.83. The van der Waals surface area contributed by atoms with Crippen molar-refractivity contribution < 1.29 is 5.11 Å². The van der Waals surface area contributed by atoms with Crippen LogP contribution in [0.4, 0.5) is 0 Å². The largest absolute Gasteiger partial charge is 0.508 e. The Morgan fingerprint density at radius 3 is 2.47 bits per heavy atom. The first-order valence-corrected chi connectivity index (χ1v) is 5.71. The van der Waals surface area contributed by atoms with Crippen molar-refractivity contribution in [3.63, 3.8) is 0 Å². The maximum atomic E-state index is 9.94. The Bertz CT molecular complexity index is 383. The van der Waals surface area contributed by atoms with E-state index < -0.39 is 0 Å². The summed E-state index contributed by atoms with van der Waals surface area (Å²) >= 11 is 0. The van der Waals surface area contributed by atoms with Crippen LogP contribution in [0.2, 0.25) is 0 Å². The Labute approximate surface area is 91.1 Å². The van der Waals surface area contributed by atoms with Gasteiger partial charge in [-0.15, -0.1) is 0 Å². The van der Waals surface area contributed by atoms with Gasteiger partial charge in [0.25, 0.3) is 0 Å². The lowest BCUT2D eigenvalue weighted by Gasteiger charge is -2.24. The lowest BCUT2D eigenvalue weighted by Crippen LogP contribution is -2.14. The molecule has 0 bridgehead atoms. The lowest BCUT2D eigenvalue weighted by molar-refractivity contribution is 0.459. The molecule has 0 fully saturated rings. The topological polar surface area (TPSA) is 46.2 Å². The van der Waals surface area contributed by atoms with Crippen LogP contribution < -0.4 is 5.73 Å². The Balaban J connectivity index is 2.63. The van der Waals surface area contributed by atoms with Crippen LogP contribution in [0.1, 0.15) is 48.1 Å². The smallest absolute Gasteiger partial charge is 0.120 e. The minimum atomic E-state index is -0.0718. The summed E-state index contributed by atoms with van der Waals surface area (Å²) < 4.78 is 0. The summed E-state index contributed by atoms with van der Waals surface area (Å²) in [6.45, 7) is 4.02. The molecule has 0 spiro atoms. The van der Waals surface area contributed by atoms with Gasteiger partial charge in [-0.25, -0.2) is 0 Å². The Hall–Kier alpha value is -1.02. The molecule has 0 saturated carbocycles. The average molecular weight is 205 g/mol. The number of phenolic OH excluding ortho intramolecular Hbond substituents is 1. The van der Waals surface area contributed by atoms with Crippen molar-refractivity contribution in [2.45, 2.75) is 45.6 Å². The molecule has 0 heterocycles. The quantitative estimate of drug-likeness (QED) is 0.740. The van der Waals surface area contributed by atoms with Crippen molar-refractivity contribution in [2.24, 2.45) is 5.73 Å². The molecule has 3 N–H and O–H groups in total. The highest BCUT2D eigenvalue weighted by Gasteiger charge is 2.20. The van der Waals surface area contributed by atoms with Crippen LogP contribution >= 0.6 is 0 Å². The van der Waals surface area contributed by atoms with Crippen molar-refractivity contribution in [1.29, 1.82) is 0 Å². The molecule has 0 aliphatic heterocycles. The molecule has 1 aromatic rings. The van der Waals surface area contributed by atoms with Gasteiger partial charge in [-0.1, -0.05) is 0 Å². The molecule has 0 saturated heterocycles.